The van der Waals surface area contributed by atoms with Gasteiger partial charge in [0.25, 0.3) is 0 Å². The van der Waals surface area contributed by atoms with Gasteiger partial charge in [0.15, 0.2) is 0 Å². The van der Waals surface area contributed by atoms with E-state index < -0.39 is 15.8 Å². The molecule has 0 saturated carbocycles. The molecule has 0 aliphatic carbocycles. The number of hydrogen-bond acceptors (Lipinski definition) is 3. The van der Waals surface area contributed by atoms with Gasteiger partial charge in [-0.2, -0.15) is 4.31 Å². The van der Waals surface area contributed by atoms with Crippen LogP contribution < -0.4 is 5.32 Å². The van der Waals surface area contributed by atoms with Gasteiger partial charge in [-0.1, -0.05) is 6.07 Å². The Hall–Kier alpha value is -0.980. The highest BCUT2D eigenvalue weighted by Gasteiger charge is 2.25. The maximum atomic E-state index is 13.0. The molecular formula is C11H15FN2O2S. The highest BCUT2D eigenvalue weighted by atomic mass is 32.2. The van der Waals surface area contributed by atoms with Crippen molar-refractivity contribution in [3.05, 3.63) is 30.1 Å². The fourth-order valence-electron chi connectivity index (χ4n) is 1.84. The summed E-state index contributed by atoms with van der Waals surface area (Å²) in [7, 11) is -3.55. The Labute approximate surface area is 100 Å². The minimum absolute atomic E-state index is 0.0272. The van der Waals surface area contributed by atoms with E-state index in [1.54, 1.807) is 0 Å². The van der Waals surface area contributed by atoms with E-state index in [4.69, 9.17) is 0 Å². The standard InChI is InChI=1S/C11H15FN2O2S/c12-10-3-1-4-11(9-10)17(15,16)14-7-2-5-13-6-8-14/h1,3-4,9,13H,2,5-8H2. The van der Waals surface area contributed by atoms with E-state index in [-0.39, 0.29) is 4.90 Å². The lowest BCUT2D eigenvalue weighted by molar-refractivity contribution is 0.431. The molecule has 17 heavy (non-hydrogen) atoms. The molecule has 6 heteroatoms. The highest BCUT2D eigenvalue weighted by Crippen LogP contribution is 2.17. The predicted molar refractivity (Wildman–Crippen MR) is 62.6 cm³/mol. The van der Waals surface area contributed by atoms with Crippen LogP contribution in [-0.2, 0) is 10.0 Å². The molecular weight excluding hydrogens is 243 g/mol. The van der Waals surface area contributed by atoms with Gasteiger partial charge >= 0.3 is 0 Å². The average molecular weight is 258 g/mol. The molecule has 1 aliphatic heterocycles. The van der Waals surface area contributed by atoms with Crippen molar-refractivity contribution in [3.8, 4) is 0 Å². The second kappa shape index (κ2) is 5.12. The molecule has 2 rings (SSSR count). The molecule has 0 radical (unpaired) electrons. The summed E-state index contributed by atoms with van der Waals surface area (Å²) in [4.78, 5) is 0.0272. The molecule has 1 N–H and O–H groups in total. The summed E-state index contributed by atoms with van der Waals surface area (Å²) in [5, 5.41) is 3.13. The van der Waals surface area contributed by atoms with E-state index in [2.05, 4.69) is 5.32 Å². The summed E-state index contributed by atoms with van der Waals surface area (Å²) in [6.45, 7) is 2.36. The van der Waals surface area contributed by atoms with E-state index >= 15 is 0 Å². The fraction of sp³-hybridized carbons (Fsp3) is 0.455. The molecule has 1 saturated heterocycles. The molecule has 94 valence electrons. The number of sulfonamides is 1. The molecule has 0 unspecified atom stereocenters. The molecule has 0 spiro atoms. The summed E-state index contributed by atoms with van der Waals surface area (Å²) in [5.74, 6) is -0.529. The van der Waals surface area contributed by atoms with Gasteiger partial charge < -0.3 is 5.32 Å². The van der Waals surface area contributed by atoms with Crippen molar-refractivity contribution in [2.75, 3.05) is 26.2 Å². The van der Waals surface area contributed by atoms with E-state index in [1.165, 1.54) is 22.5 Å². The smallest absolute Gasteiger partial charge is 0.243 e. The molecule has 1 heterocycles. The lowest BCUT2D eigenvalue weighted by Crippen LogP contribution is -2.34. The van der Waals surface area contributed by atoms with Crippen molar-refractivity contribution in [1.82, 2.24) is 9.62 Å². The van der Waals surface area contributed by atoms with Crippen LogP contribution in [-0.4, -0.2) is 38.9 Å². The molecule has 1 fully saturated rings. The van der Waals surface area contributed by atoms with Crippen LogP contribution in [0.4, 0.5) is 4.39 Å². The molecule has 0 aromatic heterocycles. The van der Waals surface area contributed by atoms with Crippen molar-refractivity contribution >= 4 is 10.0 Å². The van der Waals surface area contributed by atoms with Gasteiger partial charge in [0.1, 0.15) is 5.82 Å². The van der Waals surface area contributed by atoms with Gasteiger partial charge in [0.2, 0.25) is 10.0 Å². The quantitative estimate of drug-likeness (QED) is 0.854. The topological polar surface area (TPSA) is 49.4 Å². The summed E-state index contributed by atoms with van der Waals surface area (Å²) in [5.41, 5.74) is 0. The third-order valence-corrected chi connectivity index (χ3v) is 4.63. The minimum Gasteiger partial charge on any atom is -0.315 e. The van der Waals surface area contributed by atoms with Crippen molar-refractivity contribution in [2.45, 2.75) is 11.3 Å². The third-order valence-electron chi connectivity index (χ3n) is 2.73. The first kappa shape index (κ1) is 12.5. The van der Waals surface area contributed by atoms with Crippen molar-refractivity contribution in [1.29, 1.82) is 0 Å². The Kier molecular flexibility index (Phi) is 3.76. The minimum atomic E-state index is -3.55. The Bertz CT molecular complexity index is 482. The maximum Gasteiger partial charge on any atom is 0.243 e. The highest BCUT2D eigenvalue weighted by molar-refractivity contribution is 7.89. The number of halogens is 1. The summed E-state index contributed by atoms with van der Waals surface area (Å²) < 4.78 is 38.9. The van der Waals surface area contributed by atoms with Gasteiger partial charge in [-0.25, -0.2) is 12.8 Å². The summed E-state index contributed by atoms with van der Waals surface area (Å²) in [6, 6.07) is 5.14. The first-order valence-corrected chi connectivity index (χ1v) is 7.01. The van der Waals surface area contributed by atoms with E-state index in [0.29, 0.717) is 19.6 Å². The second-order valence-electron chi connectivity index (χ2n) is 3.97. The number of benzene rings is 1. The monoisotopic (exact) mass is 258 g/mol. The van der Waals surface area contributed by atoms with Crippen LogP contribution in [0.3, 0.4) is 0 Å². The summed E-state index contributed by atoms with van der Waals surface area (Å²) in [6.07, 6.45) is 0.772. The van der Waals surface area contributed by atoms with Gasteiger partial charge in [-0.15, -0.1) is 0 Å². The van der Waals surface area contributed by atoms with Crippen LogP contribution in [0.25, 0.3) is 0 Å². The van der Waals surface area contributed by atoms with Crippen LogP contribution in [0.1, 0.15) is 6.42 Å². The Morgan fingerprint density at radius 2 is 2.06 bits per heavy atom. The van der Waals surface area contributed by atoms with Crippen LogP contribution in [0.2, 0.25) is 0 Å². The van der Waals surface area contributed by atoms with Crippen LogP contribution in [0, 0.1) is 5.82 Å². The van der Waals surface area contributed by atoms with Crippen LogP contribution >= 0.6 is 0 Å². The Morgan fingerprint density at radius 3 is 2.82 bits per heavy atom. The van der Waals surface area contributed by atoms with Gasteiger partial charge in [-0.05, 0) is 31.2 Å². The molecule has 1 aromatic carbocycles. The van der Waals surface area contributed by atoms with Crippen molar-refractivity contribution < 1.29 is 12.8 Å². The Morgan fingerprint density at radius 1 is 1.24 bits per heavy atom. The van der Waals surface area contributed by atoms with Crippen LogP contribution in [0.5, 0.6) is 0 Å². The number of nitrogens with zero attached hydrogens (tertiary/aromatic N) is 1. The van der Waals surface area contributed by atoms with Crippen LogP contribution in [0.15, 0.2) is 29.2 Å². The normalized spacial score (nSPS) is 18.9. The maximum absolute atomic E-state index is 13.0. The lowest BCUT2D eigenvalue weighted by atomic mass is 10.4. The zero-order valence-corrected chi connectivity index (χ0v) is 10.2. The van der Waals surface area contributed by atoms with E-state index in [9.17, 15) is 12.8 Å². The van der Waals surface area contributed by atoms with Gasteiger partial charge in [0, 0.05) is 19.6 Å². The molecule has 0 amide bonds. The number of rotatable bonds is 2. The first-order chi connectivity index (χ1) is 8.10. The number of hydrogen-bond donors (Lipinski definition) is 1. The van der Waals surface area contributed by atoms with Gasteiger partial charge in [-0.3, -0.25) is 0 Å². The summed E-state index contributed by atoms with van der Waals surface area (Å²) >= 11 is 0. The molecule has 4 nitrogen and oxygen atoms in total. The molecule has 0 atom stereocenters. The van der Waals surface area contributed by atoms with Gasteiger partial charge in [0.05, 0.1) is 4.90 Å². The SMILES string of the molecule is O=S(=O)(c1cccc(F)c1)N1CCCNCC1. The fourth-order valence-corrected chi connectivity index (χ4v) is 3.35. The van der Waals surface area contributed by atoms with Crippen molar-refractivity contribution in [2.24, 2.45) is 0 Å². The number of nitrogens with one attached hydrogen (secondary N) is 1. The predicted octanol–water partition coefficient (Wildman–Crippen LogP) is 0.810. The second-order valence-corrected chi connectivity index (χ2v) is 5.90. The molecule has 1 aromatic rings. The zero-order valence-electron chi connectivity index (χ0n) is 9.39. The first-order valence-electron chi connectivity index (χ1n) is 5.57. The molecule has 1 aliphatic rings. The Balaban J connectivity index is 2.28. The largest absolute Gasteiger partial charge is 0.315 e. The zero-order chi connectivity index (χ0) is 12.3. The lowest BCUT2D eigenvalue weighted by Gasteiger charge is -2.19. The van der Waals surface area contributed by atoms with Crippen molar-refractivity contribution in [3.63, 3.8) is 0 Å². The average Bonchev–Trinajstić information content (AvgIpc) is 2.58. The van der Waals surface area contributed by atoms with E-state index in [1.807, 2.05) is 0 Å². The molecule has 0 bridgehead atoms. The van der Waals surface area contributed by atoms with E-state index in [0.717, 1.165) is 19.0 Å². The third kappa shape index (κ3) is 2.83.